The summed E-state index contributed by atoms with van der Waals surface area (Å²) in [5, 5.41) is 0.341. The van der Waals surface area contributed by atoms with E-state index in [1.807, 2.05) is 18.2 Å². The average molecular weight is 342 g/mol. The molecule has 0 spiro atoms. The maximum Gasteiger partial charge on any atom is 0.208 e. The third kappa shape index (κ3) is 2.76. The molecule has 6 heteroatoms. The van der Waals surface area contributed by atoms with Crippen molar-refractivity contribution < 1.29 is 23.4 Å². The van der Waals surface area contributed by atoms with E-state index in [-0.39, 0.29) is 11.0 Å². The van der Waals surface area contributed by atoms with Gasteiger partial charge in [-0.3, -0.25) is 4.79 Å². The lowest BCUT2D eigenvalue weighted by molar-refractivity contribution is 0.324. The second kappa shape index (κ2) is 6.76. The predicted molar refractivity (Wildman–Crippen MR) is 94.1 cm³/mol. The molecule has 0 atom stereocenters. The number of hydrogen-bond donors (Lipinski definition) is 0. The Kier molecular flexibility index (Phi) is 4.52. The number of ether oxygens (including phenoxy) is 4. The van der Waals surface area contributed by atoms with Crippen LogP contribution in [0.3, 0.4) is 0 Å². The maximum atomic E-state index is 12.7. The van der Waals surface area contributed by atoms with Crippen molar-refractivity contribution in [2.75, 3.05) is 28.4 Å². The van der Waals surface area contributed by atoms with Crippen molar-refractivity contribution in [3.63, 3.8) is 0 Å². The standard InChI is InChI=1S/C19H18O6/c1-21-14-8-6-5-7-11(14)15-10-13(20)12-9-16(22-2)18(23-3)19(24-4)17(12)25-15/h5-10H,1-4H3. The first-order valence-corrected chi connectivity index (χ1v) is 7.54. The Balaban J connectivity index is 2.37. The molecule has 1 aromatic heterocycles. The second-order valence-corrected chi connectivity index (χ2v) is 5.20. The summed E-state index contributed by atoms with van der Waals surface area (Å²) in [6.07, 6.45) is 0. The number of para-hydroxylation sites is 1. The summed E-state index contributed by atoms with van der Waals surface area (Å²) in [5.74, 6) is 2.03. The van der Waals surface area contributed by atoms with Crippen LogP contribution in [0.15, 0.2) is 45.6 Å². The molecule has 1 heterocycles. The molecule has 0 aliphatic rings. The van der Waals surface area contributed by atoms with Gasteiger partial charge in [0.25, 0.3) is 0 Å². The Hall–Kier alpha value is -3.15. The largest absolute Gasteiger partial charge is 0.496 e. The zero-order chi connectivity index (χ0) is 18.0. The van der Waals surface area contributed by atoms with Gasteiger partial charge in [0.15, 0.2) is 16.8 Å². The average Bonchev–Trinajstić information content (AvgIpc) is 2.66. The molecule has 0 N–H and O–H groups in total. The van der Waals surface area contributed by atoms with Gasteiger partial charge < -0.3 is 23.4 Å². The first-order chi connectivity index (χ1) is 12.1. The Bertz CT molecular complexity index is 974. The van der Waals surface area contributed by atoms with Gasteiger partial charge in [0.05, 0.1) is 39.4 Å². The van der Waals surface area contributed by atoms with Crippen LogP contribution < -0.4 is 24.4 Å². The monoisotopic (exact) mass is 342 g/mol. The summed E-state index contributed by atoms with van der Waals surface area (Å²) >= 11 is 0. The molecular formula is C19H18O6. The number of rotatable bonds is 5. The number of fused-ring (bicyclic) bond motifs is 1. The molecule has 0 saturated heterocycles. The second-order valence-electron chi connectivity index (χ2n) is 5.20. The Morgan fingerprint density at radius 2 is 1.48 bits per heavy atom. The molecule has 130 valence electrons. The van der Waals surface area contributed by atoms with E-state index in [2.05, 4.69) is 0 Å². The van der Waals surface area contributed by atoms with Crippen LogP contribution in [0.25, 0.3) is 22.3 Å². The van der Waals surface area contributed by atoms with Crippen molar-refractivity contribution in [2.24, 2.45) is 0 Å². The van der Waals surface area contributed by atoms with E-state index in [9.17, 15) is 4.79 Å². The molecule has 25 heavy (non-hydrogen) atoms. The minimum Gasteiger partial charge on any atom is -0.496 e. The van der Waals surface area contributed by atoms with E-state index in [0.717, 1.165) is 0 Å². The number of methoxy groups -OCH3 is 4. The molecule has 0 amide bonds. The van der Waals surface area contributed by atoms with Gasteiger partial charge in [0.2, 0.25) is 11.5 Å². The quantitative estimate of drug-likeness (QED) is 0.707. The molecule has 6 nitrogen and oxygen atoms in total. The highest BCUT2D eigenvalue weighted by molar-refractivity contribution is 5.89. The Labute approximate surface area is 144 Å². The van der Waals surface area contributed by atoms with Crippen molar-refractivity contribution in [2.45, 2.75) is 0 Å². The number of benzene rings is 2. The van der Waals surface area contributed by atoms with Gasteiger partial charge in [-0.15, -0.1) is 0 Å². The van der Waals surface area contributed by atoms with Crippen molar-refractivity contribution in [3.8, 4) is 34.3 Å². The summed E-state index contributed by atoms with van der Waals surface area (Å²) < 4.78 is 27.4. The van der Waals surface area contributed by atoms with Crippen molar-refractivity contribution >= 4 is 11.0 Å². The normalized spacial score (nSPS) is 10.6. The van der Waals surface area contributed by atoms with Crippen LogP contribution in [-0.2, 0) is 0 Å². The van der Waals surface area contributed by atoms with Gasteiger partial charge in [-0.2, -0.15) is 0 Å². The zero-order valence-corrected chi connectivity index (χ0v) is 14.4. The van der Waals surface area contributed by atoms with E-state index in [4.69, 9.17) is 23.4 Å². The molecule has 2 aromatic carbocycles. The molecule has 3 rings (SSSR count). The zero-order valence-electron chi connectivity index (χ0n) is 14.4. The Morgan fingerprint density at radius 1 is 0.800 bits per heavy atom. The van der Waals surface area contributed by atoms with E-state index >= 15 is 0 Å². The fraction of sp³-hybridized carbons (Fsp3) is 0.211. The fourth-order valence-electron chi connectivity index (χ4n) is 2.73. The van der Waals surface area contributed by atoms with Gasteiger partial charge in [0.1, 0.15) is 11.5 Å². The Morgan fingerprint density at radius 3 is 2.12 bits per heavy atom. The third-order valence-electron chi connectivity index (χ3n) is 3.90. The maximum absolute atomic E-state index is 12.7. The van der Waals surface area contributed by atoms with Crippen LogP contribution in [-0.4, -0.2) is 28.4 Å². The lowest BCUT2D eigenvalue weighted by atomic mass is 10.1. The van der Waals surface area contributed by atoms with Crippen LogP contribution in [0, 0.1) is 0 Å². The highest BCUT2D eigenvalue weighted by Gasteiger charge is 2.21. The van der Waals surface area contributed by atoms with Crippen LogP contribution in [0.1, 0.15) is 0 Å². The topological polar surface area (TPSA) is 67.1 Å². The van der Waals surface area contributed by atoms with E-state index in [1.54, 1.807) is 19.2 Å². The van der Waals surface area contributed by atoms with Crippen LogP contribution in [0.5, 0.6) is 23.0 Å². The van der Waals surface area contributed by atoms with Crippen LogP contribution in [0.4, 0.5) is 0 Å². The summed E-state index contributed by atoms with van der Waals surface area (Å²) in [6, 6.07) is 10.3. The molecule has 0 aliphatic carbocycles. The molecule has 0 fully saturated rings. The molecule has 0 radical (unpaired) electrons. The molecule has 0 saturated carbocycles. The molecular weight excluding hydrogens is 324 g/mol. The first kappa shape index (κ1) is 16.7. The molecule has 0 unspecified atom stereocenters. The minimum absolute atomic E-state index is 0.221. The van der Waals surface area contributed by atoms with Crippen LogP contribution >= 0.6 is 0 Å². The van der Waals surface area contributed by atoms with Gasteiger partial charge in [0, 0.05) is 6.07 Å². The lowest BCUT2D eigenvalue weighted by Crippen LogP contribution is -2.04. The molecule has 3 aromatic rings. The highest BCUT2D eigenvalue weighted by Crippen LogP contribution is 2.43. The van der Waals surface area contributed by atoms with E-state index in [0.29, 0.717) is 39.7 Å². The molecule has 0 aliphatic heterocycles. The first-order valence-electron chi connectivity index (χ1n) is 7.54. The van der Waals surface area contributed by atoms with Crippen molar-refractivity contribution in [1.82, 2.24) is 0 Å². The van der Waals surface area contributed by atoms with Gasteiger partial charge in [-0.1, -0.05) is 12.1 Å². The van der Waals surface area contributed by atoms with Gasteiger partial charge in [-0.25, -0.2) is 0 Å². The van der Waals surface area contributed by atoms with E-state index < -0.39 is 0 Å². The lowest BCUT2D eigenvalue weighted by Gasteiger charge is -2.14. The van der Waals surface area contributed by atoms with Crippen molar-refractivity contribution in [3.05, 3.63) is 46.6 Å². The minimum atomic E-state index is -0.221. The molecule has 0 bridgehead atoms. The summed E-state index contributed by atoms with van der Waals surface area (Å²) in [6.45, 7) is 0. The van der Waals surface area contributed by atoms with Gasteiger partial charge >= 0.3 is 0 Å². The predicted octanol–water partition coefficient (Wildman–Crippen LogP) is 3.49. The summed E-state index contributed by atoms with van der Waals surface area (Å²) in [5.41, 5.74) is 0.732. The van der Waals surface area contributed by atoms with Crippen molar-refractivity contribution in [1.29, 1.82) is 0 Å². The van der Waals surface area contributed by atoms with E-state index in [1.165, 1.54) is 27.4 Å². The summed E-state index contributed by atoms with van der Waals surface area (Å²) in [7, 11) is 6.03. The summed E-state index contributed by atoms with van der Waals surface area (Å²) in [4.78, 5) is 12.7. The van der Waals surface area contributed by atoms with Gasteiger partial charge in [-0.05, 0) is 18.2 Å². The highest BCUT2D eigenvalue weighted by atomic mass is 16.5. The number of hydrogen-bond acceptors (Lipinski definition) is 6. The SMILES string of the molecule is COc1ccccc1-c1cc(=O)c2cc(OC)c(OC)c(OC)c2o1. The smallest absolute Gasteiger partial charge is 0.208 e. The fourth-order valence-corrected chi connectivity index (χ4v) is 2.73. The van der Waals surface area contributed by atoms with Crippen LogP contribution in [0.2, 0.25) is 0 Å². The third-order valence-corrected chi connectivity index (χ3v) is 3.90.